The first kappa shape index (κ1) is 33.1. The van der Waals surface area contributed by atoms with Crippen LogP contribution in [0.15, 0.2) is 200 Å². The van der Waals surface area contributed by atoms with Gasteiger partial charge < -0.3 is 4.52 Å². The fourth-order valence-electron chi connectivity index (χ4n) is 8.06. The van der Waals surface area contributed by atoms with E-state index in [-0.39, 0.29) is 6.04 Å². The monoisotopic (exact) mass is 679 g/mol. The molecule has 0 aliphatic carbocycles. The highest BCUT2D eigenvalue weighted by Gasteiger charge is 2.63. The molecule has 51 heavy (non-hydrogen) atoms. The third-order valence-corrected chi connectivity index (χ3v) is 12.4. The van der Waals surface area contributed by atoms with Gasteiger partial charge in [0.1, 0.15) is 5.60 Å². The molecule has 1 fully saturated rings. The van der Waals surface area contributed by atoms with Gasteiger partial charge in [-0.05, 0) is 52.8 Å². The van der Waals surface area contributed by atoms with Crippen LogP contribution in [0.1, 0.15) is 38.9 Å². The highest BCUT2D eigenvalue weighted by Crippen LogP contribution is 2.59. The maximum absolute atomic E-state index is 8.12. The zero-order chi connectivity index (χ0) is 34.7. The van der Waals surface area contributed by atoms with Gasteiger partial charge in [0.2, 0.25) is 0 Å². The Morgan fingerprint density at radius 1 is 0.451 bits per heavy atom. The average Bonchev–Trinajstić information content (AvgIpc) is 4.00. The van der Waals surface area contributed by atoms with Crippen LogP contribution in [0.3, 0.4) is 0 Å². The predicted molar refractivity (Wildman–Crippen MR) is 213 cm³/mol. The van der Waals surface area contributed by atoms with E-state index in [9.17, 15) is 0 Å². The van der Waals surface area contributed by atoms with E-state index in [4.69, 9.17) is 4.52 Å². The zero-order valence-electron chi connectivity index (χ0n) is 29.1. The molecular weight excluding hydrogens is 638 g/mol. The van der Waals surface area contributed by atoms with Gasteiger partial charge in [0.15, 0.2) is 0 Å². The minimum absolute atomic E-state index is 0.0160. The van der Waals surface area contributed by atoms with Crippen LogP contribution < -0.4 is 10.6 Å². The summed E-state index contributed by atoms with van der Waals surface area (Å²) in [6.07, 6.45) is 0. The van der Waals surface area contributed by atoms with Gasteiger partial charge in [-0.1, -0.05) is 200 Å². The SMILES string of the molecule is Cc1ccccc1C(OP(c1ccccc1)c1ccccc1)(c1ccccc1C)[C@@H]1CN1C(c1ccccc1)(c1ccccc1)c1ccccc1. The summed E-state index contributed by atoms with van der Waals surface area (Å²) in [5.74, 6) is 0. The molecule has 0 spiro atoms. The van der Waals surface area contributed by atoms with Crippen molar-refractivity contribution in [1.82, 2.24) is 4.90 Å². The van der Waals surface area contributed by atoms with Crippen molar-refractivity contribution in [2.75, 3.05) is 6.54 Å². The Balaban J connectivity index is 1.43. The van der Waals surface area contributed by atoms with Gasteiger partial charge in [-0.15, -0.1) is 0 Å². The standard InChI is InChI=1S/C48H42NOP/c1-37-22-18-20-34-44(37)48(45-35-21-19-23-38(45)2,50-51(42-30-14-6-15-31-42)43-32-16-7-17-33-43)46-36-49(46)47(39-24-8-3-9-25-39,40-26-10-4-11-27-40)41-28-12-5-13-29-41/h3-35,46H,36H2,1-2H3/t46-,49?/m0/s1. The molecule has 2 nitrogen and oxygen atoms in total. The van der Waals surface area contributed by atoms with E-state index in [2.05, 4.69) is 219 Å². The molecule has 7 aromatic rings. The van der Waals surface area contributed by atoms with Gasteiger partial charge in [-0.25, -0.2) is 0 Å². The lowest BCUT2D eigenvalue weighted by molar-refractivity contribution is 0.0985. The van der Waals surface area contributed by atoms with Crippen molar-refractivity contribution in [2.24, 2.45) is 0 Å². The Morgan fingerprint density at radius 3 is 1.16 bits per heavy atom. The van der Waals surface area contributed by atoms with Crippen molar-refractivity contribution >= 4 is 18.8 Å². The highest BCUT2D eigenvalue weighted by atomic mass is 31.1. The summed E-state index contributed by atoms with van der Waals surface area (Å²) in [5.41, 5.74) is 7.16. The lowest BCUT2D eigenvalue weighted by Gasteiger charge is -2.44. The smallest absolute Gasteiger partial charge is 0.140 e. The van der Waals surface area contributed by atoms with Crippen LogP contribution in [0.4, 0.5) is 0 Å². The summed E-state index contributed by atoms with van der Waals surface area (Å²) in [6, 6.07) is 72.5. The summed E-state index contributed by atoms with van der Waals surface area (Å²) in [6.45, 7) is 5.31. The zero-order valence-corrected chi connectivity index (χ0v) is 30.0. The van der Waals surface area contributed by atoms with E-state index in [1.807, 2.05) is 0 Å². The second kappa shape index (κ2) is 14.3. The molecule has 1 unspecified atom stereocenters. The third-order valence-electron chi connectivity index (χ3n) is 10.4. The molecule has 1 heterocycles. The van der Waals surface area contributed by atoms with Crippen molar-refractivity contribution < 1.29 is 4.52 Å². The fraction of sp³-hybridized carbons (Fsp3) is 0.125. The molecule has 7 aromatic carbocycles. The van der Waals surface area contributed by atoms with Gasteiger partial charge in [0, 0.05) is 17.2 Å². The number of rotatable bonds is 11. The number of nitrogens with zero attached hydrogens (tertiary/aromatic N) is 1. The quantitative estimate of drug-likeness (QED) is 0.0767. The topological polar surface area (TPSA) is 12.2 Å². The van der Waals surface area contributed by atoms with Crippen molar-refractivity contribution in [3.05, 3.63) is 239 Å². The molecule has 3 heteroatoms. The number of hydrogen-bond donors (Lipinski definition) is 0. The van der Waals surface area contributed by atoms with Crippen LogP contribution in [0, 0.1) is 13.8 Å². The van der Waals surface area contributed by atoms with Crippen LogP contribution in [0.5, 0.6) is 0 Å². The van der Waals surface area contributed by atoms with Gasteiger partial charge in [-0.2, -0.15) is 0 Å². The summed E-state index contributed by atoms with van der Waals surface area (Å²) >= 11 is 0. The minimum atomic E-state index is -1.25. The van der Waals surface area contributed by atoms with Crippen molar-refractivity contribution in [2.45, 2.75) is 31.0 Å². The lowest BCUT2D eigenvalue weighted by Crippen LogP contribution is -2.46. The average molecular weight is 680 g/mol. The number of hydrogen-bond acceptors (Lipinski definition) is 2. The van der Waals surface area contributed by atoms with E-state index >= 15 is 0 Å². The van der Waals surface area contributed by atoms with Gasteiger partial charge in [-0.3, -0.25) is 4.90 Å². The lowest BCUT2D eigenvalue weighted by atomic mass is 9.75. The minimum Gasteiger partial charge on any atom is -0.332 e. The Morgan fingerprint density at radius 2 is 0.784 bits per heavy atom. The second-order valence-electron chi connectivity index (χ2n) is 13.4. The van der Waals surface area contributed by atoms with Crippen LogP contribution in [0.2, 0.25) is 0 Å². The number of benzene rings is 7. The predicted octanol–water partition coefficient (Wildman–Crippen LogP) is 10.3. The number of aryl methyl sites for hydroxylation is 2. The highest BCUT2D eigenvalue weighted by molar-refractivity contribution is 7.68. The van der Waals surface area contributed by atoms with Crippen LogP contribution in [-0.2, 0) is 15.7 Å². The van der Waals surface area contributed by atoms with E-state index in [1.54, 1.807) is 0 Å². The Labute approximate surface area is 303 Å². The summed E-state index contributed by atoms with van der Waals surface area (Å²) < 4.78 is 8.12. The first-order chi connectivity index (χ1) is 25.1. The van der Waals surface area contributed by atoms with E-state index in [0.29, 0.717) is 0 Å². The largest absolute Gasteiger partial charge is 0.332 e. The molecule has 0 amide bonds. The molecule has 8 rings (SSSR count). The van der Waals surface area contributed by atoms with Crippen LogP contribution in [0.25, 0.3) is 0 Å². The molecule has 0 bridgehead atoms. The molecule has 1 aliphatic rings. The Hall–Kier alpha value is -5.11. The Bertz CT molecular complexity index is 2010. The maximum Gasteiger partial charge on any atom is 0.140 e. The molecule has 0 aromatic heterocycles. The molecule has 1 aliphatic heterocycles. The fourth-order valence-corrected chi connectivity index (χ4v) is 10.1. The Kier molecular flexibility index (Phi) is 9.24. The van der Waals surface area contributed by atoms with Crippen molar-refractivity contribution in [1.29, 1.82) is 0 Å². The van der Waals surface area contributed by atoms with Gasteiger partial charge in [0.25, 0.3) is 0 Å². The normalized spacial score (nSPS) is 15.8. The summed E-state index contributed by atoms with van der Waals surface area (Å²) in [7, 11) is -1.25. The molecular formula is C48H42NOP. The van der Waals surface area contributed by atoms with E-state index < -0.39 is 19.3 Å². The van der Waals surface area contributed by atoms with Crippen LogP contribution in [-0.4, -0.2) is 17.5 Å². The first-order valence-electron chi connectivity index (χ1n) is 17.8. The van der Waals surface area contributed by atoms with Crippen molar-refractivity contribution in [3.8, 4) is 0 Å². The third kappa shape index (κ3) is 5.94. The van der Waals surface area contributed by atoms with E-state index in [0.717, 1.165) is 6.54 Å². The summed E-state index contributed by atoms with van der Waals surface area (Å²) in [5, 5.41) is 2.38. The van der Waals surface area contributed by atoms with Crippen LogP contribution >= 0.6 is 8.15 Å². The summed E-state index contributed by atoms with van der Waals surface area (Å²) in [4.78, 5) is 2.70. The molecule has 0 saturated carbocycles. The second-order valence-corrected chi connectivity index (χ2v) is 15.2. The molecule has 250 valence electrons. The molecule has 0 radical (unpaired) electrons. The molecule has 2 atom stereocenters. The first-order valence-corrected chi connectivity index (χ1v) is 19.0. The van der Waals surface area contributed by atoms with E-state index in [1.165, 1.54) is 49.6 Å². The molecule has 0 N–H and O–H groups in total. The molecule has 1 saturated heterocycles. The van der Waals surface area contributed by atoms with Crippen molar-refractivity contribution in [3.63, 3.8) is 0 Å². The maximum atomic E-state index is 8.12. The van der Waals surface area contributed by atoms with Gasteiger partial charge in [0.05, 0.1) is 19.7 Å². The van der Waals surface area contributed by atoms with Gasteiger partial charge >= 0.3 is 0 Å².